The zero-order valence-corrected chi connectivity index (χ0v) is 14.6. The lowest BCUT2D eigenvalue weighted by atomic mass is 10.2. The van der Waals surface area contributed by atoms with E-state index in [2.05, 4.69) is 10.3 Å². The van der Waals surface area contributed by atoms with Crippen LogP contribution in [0.3, 0.4) is 0 Å². The van der Waals surface area contributed by atoms with Crippen molar-refractivity contribution in [2.45, 2.75) is 26.8 Å². The number of benzene rings is 1. The number of pyridine rings is 1. The minimum atomic E-state index is -0.159. The van der Waals surface area contributed by atoms with Gasteiger partial charge in [0.15, 0.2) is 0 Å². The Bertz CT molecular complexity index is 704. The van der Waals surface area contributed by atoms with E-state index in [0.29, 0.717) is 31.1 Å². The van der Waals surface area contributed by atoms with Crippen molar-refractivity contribution in [1.82, 2.24) is 9.88 Å². The van der Waals surface area contributed by atoms with E-state index in [4.69, 9.17) is 4.74 Å². The molecule has 0 bridgehead atoms. The number of carbonyl (C=O) groups is 2. The second-order valence-corrected chi connectivity index (χ2v) is 5.52. The van der Waals surface area contributed by atoms with Gasteiger partial charge in [-0.05, 0) is 36.8 Å². The van der Waals surface area contributed by atoms with Crippen LogP contribution in [0, 0.1) is 0 Å². The van der Waals surface area contributed by atoms with Crippen LogP contribution < -0.4 is 10.1 Å². The Labute approximate surface area is 147 Å². The molecule has 2 amide bonds. The molecule has 0 aliphatic heterocycles. The number of para-hydroxylation sites is 2. The number of hydrogen-bond donors (Lipinski definition) is 1. The molecule has 0 fully saturated rings. The third kappa shape index (κ3) is 5.91. The number of rotatable bonds is 8. The first-order chi connectivity index (χ1) is 12.1. The van der Waals surface area contributed by atoms with Crippen LogP contribution in [0.1, 0.15) is 25.8 Å². The minimum Gasteiger partial charge on any atom is -0.492 e. The second kappa shape index (κ2) is 9.42. The van der Waals surface area contributed by atoms with Gasteiger partial charge in [0.1, 0.15) is 5.75 Å². The Morgan fingerprint density at radius 1 is 1.16 bits per heavy atom. The van der Waals surface area contributed by atoms with Crippen molar-refractivity contribution < 1.29 is 14.3 Å². The molecule has 1 heterocycles. The van der Waals surface area contributed by atoms with Gasteiger partial charge in [-0.3, -0.25) is 14.6 Å². The Morgan fingerprint density at radius 2 is 1.88 bits per heavy atom. The number of nitrogens with zero attached hydrogens (tertiary/aromatic N) is 2. The molecule has 2 rings (SSSR count). The lowest BCUT2D eigenvalue weighted by molar-refractivity contribution is -0.129. The summed E-state index contributed by atoms with van der Waals surface area (Å²) in [6.07, 6.45) is 3.58. The summed E-state index contributed by atoms with van der Waals surface area (Å²) >= 11 is 0. The summed E-state index contributed by atoms with van der Waals surface area (Å²) in [5.41, 5.74) is 1.62. The van der Waals surface area contributed by atoms with Gasteiger partial charge in [0, 0.05) is 38.8 Å². The standard InChI is InChI=1S/C19H23N3O3/c1-3-25-18-7-5-4-6-17(18)21-19(24)10-13-22(15(2)23)14-16-8-11-20-12-9-16/h4-9,11-12H,3,10,13-14H2,1-2H3,(H,21,24). The van der Waals surface area contributed by atoms with Crippen LogP contribution in [0.25, 0.3) is 0 Å². The predicted molar refractivity (Wildman–Crippen MR) is 96.2 cm³/mol. The monoisotopic (exact) mass is 341 g/mol. The SMILES string of the molecule is CCOc1ccccc1NC(=O)CCN(Cc1ccncc1)C(C)=O. The van der Waals surface area contributed by atoms with Gasteiger partial charge in [-0.1, -0.05) is 12.1 Å². The van der Waals surface area contributed by atoms with Gasteiger partial charge in [-0.25, -0.2) is 0 Å². The van der Waals surface area contributed by atoms with Gasteiger partial charge >= 0.3 is 0 Å². The maximum atomic E-state index is 12.2. The molecule has 1 N–H and O–H groups in total. The van der Waals surface area contributed by atoms with E-state index in [-0.39, 0.29) is 18.2 Å². The highest BCUT2D eigenvalue weighted by molar-refractivity contribution is 5.92. The first-order valence-electron chi connectivity index (χ1n) is 8.26. The van der Waals surface area contributed by atoms with Crippen molar-refractivity contribution in [3.8, 4) is 5.75 Å². The third-order valence-electron chi connectivity index (χ3n) is 3.64. The van der Waals surface area contributed by atoms with Crippen molar-refractivity contribution >= 4 is 17.5 Å². The molecule has 1 aromatic heterocycles. The molecule has 0 aliphatic carbocycles. The molecule has 0 saturated heterocycles. The smallest absolute Gasteiger partial charge is 0.226 e. The largest absolute Gasteiger partial charge is 0.492 e. The Morgan fingerprint density at radius 3 is 2.56 bits per heavy atom. The van der Waals surface area contributed by atoms with Crippen LogP contribution in [0.2, 0.25) is 0 Å². The van der Waals surface area contributed by atoms with Crippen LogP contribution in [0.5, 0.6) is 5.75 Å². The van der Waals surface area contributed by atoms with E-state index in [1.54, 1.807) is 23.4 Å². The minimum absolute atomic E-state index is 0.0701. The number of aromatic nitrogens is 1. The first kappa shape index (κ1) is 18.4. The Balaban J connectivity index is 1.92. The highest BCUT2D eigenvalue weighted by Gasteiger charge is 2.13. The summed E-state index contributed by atoms with van der Waals surface area (Å²) in [6.45, 7) is 4.73. The molecular weight excluding hydrogens is 318 g/mol. The van der Waals surface area contributed by atoms with Crippen LogP contribution >= 0.6 is 0 Å². The summed E-state index contributed by atoms with van der Waals surface area (Å²) in [7, 11) is 0. The zero-order chi connectivity index (χ0) is 18.1. The van der Waals surface area contributed by atoms with Crippen molar-refractivity contribution in [3.63, 3.8) is 0 Å². The molecule has 6 heteroatoms. The van der Waals surface area contributed by atoms with E-state index < -0.39 is 0 Å². The zero-order valence-electron chi connectivity index (χ0n) is 14.6. The Hall–Kier alpha value is -2.89. The molecule has 6 nitrogen and oxygen atoms in total. The molecule has 25 heavy (non-hydrogen) atoms. The maximum Gasteiger partial charge on any atom is 0.226 e. The maximum absolute atomic E-state index is 12.2. The fraction of sp³-hybridized carbons (Fsp3) is 0.316. The van der Waals surface area contributed by atoms with Gasteiger partial charge < -0.3 is 15.0 Å². The van der Waals surface area contributed by atoms with Crippen molar-refractivity contribution in [2.24, 2.45) is 0 Å². The average Bonchev–Trinajstić information content (AvgIpc) is 2.61. The quantitative estimate of drug-likeness (QED) is 0.801. The van der Waals surface area contributed by atoms with Gasteiger partial charge in [0.25, 0.3) is 0 Å². The van der Waals surface area contributed by atoms with Crippen LogP contribution in [0.15, 0.2) is 48.8 Å². The van der Waals surface area contributed by atoms with E-state index in [1.807, 2.05) is 37.3 Å². The molecule has 0 spiro atoms. The fourth-order valence-corrected chi connectivity index (χ4v) is 2.36. The lowest BCUT2D eigenvalue weighted by Gasteiger charge is -2.21. The summed E-state index contributed by atoms with van der Waals surface area (Å²) in [4.78, 5) is 29.7. The normalized spacial score (nSPS) is 10.2. The van der Waals surface area contributed by atoms with E-state index in [1.165, 1.54) is 6.92 Å². The van der Waals surface area contributed by atoms with Gasteiger partial charge in [-0.15, -0.1) is 0 Å². The van der Waals surface area contributed by atoms with Crippen LogP contribution in [-0.4, -0.2) is 34.8 Å². The van der Waals surface area contributed by atoms with Crippen molar-refractivity contribution in [3.05, 3.63) is 54.4 Å². The molecule has 0 aliphatic rings. The number of amides is 2. The van der Waals surface area contributed by atoms with E-state index >= 15 is 0 Å². The highest BCUT2D eigenvalue weighted by atomic mass is 16.5. The summed E-state index contributed by atoms with van der Waals surface area (Å²) in [5, 5.41) is 2.84. The van der Waals surface area contributed by atoms with Gasteiger partial charge in [0.05, 0.1) is 12.3 Å². The van der Waals surface area contributed by atoms with Crippen LogP contribution in [0.4, 0.5) is 5.69 Å². The molecular formula is C19H23N3O3. The number of ether oxygens (including phenoxy) is 1. The molecule has 0 atom stereocenters. The topological polar surface area (TPSA) is 71.5 Å². The summed E-state index contributed by atoms with van der Waals surface area (Å²) in [5.74, 6) is 0.408. The summed E-state index contributed by atoms with van der Waals surface area (Å²) < 4.78 is 5.50. The van der Waals surface area contributed by atoms with E-state index in [0.717, 1.165) is 5.56 Å². The van der Waals surface area contributed by atoms with Gasteiger partial charge in [-0.2, -0.15) is 0 Å². The number of carbonyl (C=O) groups excluding carboxylic acids is 2. The molecule has 0 radical (unpaired) electrons. The predicted octanol–water partition coefficient (Wildman–Crippen LogP) is 2.86. The number of nitrogens with one attached hydrogen (secondary N) is 1. The lowest BCUT2D eigenvalue weighted by Crippen LogP contribution is -2.31. The molecule has 0 saturated carbocycles. The van der Waals surface area contributed by atoms with E-state index in [9.17, 15) is 9.59 Å². The third-order valence-corrected chi connectivity index (χ3v) is 3.64. The molecule has 0 unspecified atom stereocenters. The van der Waals surface area contributed by atoms with Crippen molar-refractivity contribution in [2.75, 3.05) is 18.5 Å². The van der Waals surface area contributed by atoms with Crippen molar-refractivity contribution in [1.29, 1.82) is 0 Å². The molecule has 2 aromatic rings. The summed E-state index contributed by atoms with van der Waals surface area (Å²) in [6, 6.07) is 11.0. The number of hydrogen-bond acceptors (Lipinski definition) is 4. The Kier molecular flexibility index (Phi) is 6.95. The second-order valence-electron chi connectivity index (χ2n) is 5.52. The van der Waals surface area contributed by atoms with Gasteiger partial charge in [0.2, 0.25) is 11.8 Å². The fourth-order valence-electron chi connectivity index (χ4n) is 2.36. The molecule has 1 aromatic carbocycles. The molecule has 132 valence electrons. The van der Waals surface area contributed by atoms with Crippen LogP contribution in [-0.2, 0) is 16.1 Å². The first-order valence-corrected chi connectivity index (χ1v) is 8.26. The number of anilines is 1. The highest BCUT2D eigenvalue weighted by Crippen LogP contribution is 2.23. The average molecular weight is 341 g/mol.